The smallest absolute Gasteiger partial charge is 0.231 e. The van der Waals surface area contributed by atoms with Gasteiger partial charge in [0.05, 0.1) is 6.04 Å². The fraction of sp³-hybridized carbons (Fsp3) is 0.667. The third kappa shape index (κ3) is 1.54. The maximum Gasteiger partial charge on any atom is 0.231 e. The molecule has 4 atom stereocenters. The van der Waals surface area contributed by atoms with Crippen LogP contribution in [0.3, 0.4) is 0 Å². The SMILES string of the molecule is O=C1C(=O)C(NO)C(NO)C(O)C1O. The van der Waals surface area contributed by atoms with E-state index in [9.17, 15) is 14.7 Å². The van der Waals surface area contributed by atoms with Crippen molar-refractivity contribution in [2.45, 2.75) is 24.3 Å². The second-order valence-corrected chi connectivity index (χ2v) is 2.93. The van der Waals surface area contributed by atoms with Gasteiger partial charge in [0.2, 0.25) is 11.6 Å². The molecule has 1 saturated carbocycles. The van der Waals surface area contributed by atoms with Crippen LogP contribution < -0.4 is 11.0 Å². The number of rotatable bonds is 2. The summed E-state index contributed by atoms with van der Waals surface area (Å²) in [6, 6.07) is -2.83. The molecule has 4 unspecified atom stereocenters. The molecule has 0 bridgehead atoms. The number of carbonyl (C=O) groups excluding carboxylic acids is 2. The van der Waals surface area contributed by atoms with Crippen molar-refractivity contribution >= 4 is 11.6 Å². The van der Waals surface area contributed by atoms with Gasteiger partial charge < -0.3 is 20.6 Å². The van der Waals surface area contributed by atoms with Crippen LogP contribution in [0.15, 0.2) is 0 Å². The highest BCUT2D eigenvalue weighted by atomic mass is 16.5. The van der Waals surface area contributed by atoms with E-state index in [-0.39, 0.29) is 0 Å². The minimum absolute atomic E-state index is 1.11. The zero-order valence-corrected chi connectivity index (χ0v) is 6.91. The van der Waals surface area contributed by atoms with Crippen molar-refractivity contribution in [1.82, 2.24) is 11.0 Å². The van der Waals surface area contributed by atoms with Crippen molar-refractivity contribution in [3.63, 3.8) is 0 Å². The minimum Gasteiger partial charge on any atom is -0.388 e. The Hall–Kier alpha value is -0.900. The second-order valence-electron chi connectivity index (χ2n) is 2.93. The topological polar surface area (TPSA) is 139 Å². The van der Waals surface area contributed by atoms with Gasteiger partial charge in [0.15, 0.2) is 0 Å². The normalized spacial score (nSPS) is 38.9. The second kappa shape index (κ2) is 4.09. The van der Waals surface area contributed by atoms with Gasteiger partial charge in [-0.05, 0) is 0 Å². The molecule has 14 heavy (non-hydrogen) atoms. The summed E-state index contributed by atoms with van der Waals surface area (Å²) in [5.74, 6) is -2.33. The Bertz CT molecular complexity index is 257. The molecule has 0 aromatic heterocycles. The Kier molecular flexibility index (Phi) is 3.26. The van der Waals surface area contributed by atoms with Crippen LogP contribution >= 0.6 is 0 Å². The third-order valence-electron chi connectivity index (χ3n) is 2.13. The third-order valence-corrected chi connectivity index (χ3v) is 2.13. The first-order valence-corrected chi connectivity index (χ1v) is 3.78. The zero-order valence-electron chi connectivity index (χ0n) is 6.91. The average Bonchev–Trinajstić information content (AvgIpc) is 2.20. The minimum atomic E-state index is -1.89. The highest BCUT2D eigenvalue weighted by Crippen LogP contribution is 2.14. The molecule has 0 aromatic rings. The molecule has 0 aliphatic heterocycles. The standard InChI is InChI=1S/C6H10N2O6/c9-3-1(7-13)2(8-14)4(10)6(12)5(3)11/h1-3,5,7-9,11,13-14H. The lowest BCUT2D eigenvalue weighted by atomic mass is 9.84. The monoisotopic (exact) mass is 206 g/mol. The van der Waals surface area contributed by atoms with Gasteiger partial charge in [0.25, 0.3) is 0 Å². The maximum absolute atomic E-state index is 11.1. The molecule has 0 aromatic carbocycles. The van der Waals surface area contributed by atoms with E-state index in [4.69, 9.17) is 15.5 Å². The number of hydrogen-bond donors (Lipinski definition) is 6. The Labute approximate surface area is 78.1 Å². The zero-order chi connectivity index (χ0) is 10.9. The molecule has 1 rings (SSSR count). The average molecular weight is 206 g/mol. The number of carbonyl (C=O) groups is 2. The summed E-state index contributed by atoms with van der Waals surface area (Å²) in [6.07, 6.45) is -3.56. The number of aliphatic hydroxyl groups excluding tert-OH is 2. The van der Waals surface area contributed by atoms with Gasteiger partial charge in [-0.15, -0.1) is 0 Å². The van der Waals surface area contributed by atoms with Gasteiger partial charge in [-0.2, -0.15) is 11.0 Å². The van der Waals surface area contributed by atoms with Gasteiger partial charge in [-0.3, -0.25) is 9.59 Å². The molecule has 0 saturated heterocycles. The number of nitrogens with one attached hydrogen (secondary N) is 2. The first-order valence-electron chi connectivity index (χ1n) is 3.78. The Morgan fingerprint density at radius 1 is 1.00 bits per heavy atom. The largest absolute Gasteiger partial charge is 0.388 e. The summed E-state index contributed by atoms with van der Waals surface area (Å²) in [7, 11) is 0. The van der Waals surface area contributed by atoms with Gasteiger partial charge in [0.1, 0.15) is 18.2 Å². The fourth-order valence-corrected chi connectivity index (χ4v) is 1.30. The fourth-order valence-electron chi connectivity index (χ4n) is 1.30. The number of hydrogen-bond acceptors (Lipinski definition) is 8. The van der Waals surface area contributed by atoms with Crippen LogP contribution in [0.4, 0.5) is 0 Å². The molecule has 0 amide bonds. The quantitative estimate of drug-likeness (QED) is 0.202. The highest BCUT2D eigenvalue weighted by molar-refractivity contribution is 6.41. The van der Waals surface area contributed by atoms with Crippen LogP contribution in [0.2, 0.25) is 0 Å². The summed E-state index contributed by atoms with van der Waals surface area (Å²) in [4.78, 5) is 22.0. The van der Waals surface area contributed by atoms with Crippen molar-refractivity contribution in [2.75, 3.05) is 0 Å². The first-order chi connectivity index (χ1) is 6.54. The predicted molar refractivity (Wildman–Crippen MR) is 39.4 cm³/mol. The van der Waals surface area contributed by atoms with E-state index < -0.39 is 35.9 Å². The lowest BCUT2D eigenvalue weighted by molar-refractivity contribution is -0.159. The Morgan fingerprint density at radius 3 is 2.00 bits per heavy atom. The summed E-state index contributed by atoms with van der Waals surface area (Å²) in [5.41, 5.74) is 3.00. The molecule has 80 valence electrons. The molecule has 8 heteroatoms. The van der Waals surface area contributed by atoms with Crippen LogP contribution in [0.5, 0.6) is 0 Å². The van der Waals surface area contributed by atoms with Gasteiger partial charge in [-0.1, -0.05) is 0 Å². The molecular formula is C6H10N2O6. The molecule has 0 heterocycles. The van der Waals surface area contributed by atoms with E-state index in [2.05, 4.69) is 0 Å². The van der Waals surface area contributed by atoms with Crippen LogP contribution in [0.1, 0.15) is 0 Å². The number of hydroxylamine groups is 2. The van der Waals surface area contributed by atoms with Crippen molar-refractivity contribution in [3.05, 3.63) is 0 Å². The number of aliphatic hydroxyl groups is 2. The molecule has 6 N–H and O–H groups in total. The van der Waals surface area contributed by atoms with E-state index in [1.165, 1.54) is 11.0 Å². The molecule has 0 spiro atoms. The van der Waals surface area contributed by atoms with E-state index in [0.717, 1.165) is 0 Å². The van der Waals surface area contributed by atoms with Crippen molar-refractivity contribution in [3.8, 4) is 0 Å². The van der Waals surface area contributed by atoms with Crippen molar-refractivity contribution < 1.29 is 30.2 Å². The summed E-state index contributed by atoms with van der Waals surface area (Å²) < 4.78 is 0. The van der Waals surface area contributed by atoms with Crippen molar-refractivity contribution in [1.29, 1.82) is 0 Å². The van der Waals surface area contributed by atoms with Crippen molar-refractivity contribution in [2.24, 2.45) is 0 Å². The molecule has 0 radical (unpaired) electrons. The lowest BCUT2D eigenvalue weighted by Gasteiger charge is -2.34. The lowest BCUT2D eigenvalue weighted by Crippen LogP contribution is -2.67. The number of Topliss-reactive ketones (excluding diaryl/α,β-unsaturated/α-hetero) is 2. The van der Waals surface area contributed by atoms with Crippen LogP contribution in [-0.4, -0.2) is 56.5 Å². The predicted octanol–water partition coefficient (Wildman–Crippen LogP) is -3.45. The molecule has 1 aliphatic rings. The van der Waals surface area contributed by atoms with Gasteiger partial charge in [-0.25, -0.2) is 0 Å². The van der Waals surface area contributed by atoms with Crippen LogP contribution in [-0.2, 0) is 9.59 Å². The highest BCUT2D eigenvalue weighted by Gasteiger charge is 2.48. The van der Waals surface area contributed by atoms with Gasteiger partial charge in [0, 0.05) is 0 Å². The molecule has 1 fully saturated rings. The van der Waals surface area contributed by atoms with E-state index >= 15 is 0 Å². The summed E-state index contributed by atoms with van der Waals surface area (Å²) >= 11 is 0. The Balaban J connectivity index is 2.95. The summed E-state index contributed by atoms with van der Waals surface area (Å²) in [6.45, 7) is 0. The number of ketones is 2. The van der Waals surface area contributed by atoms with Crippen LogP contribution in [0.25, 0.3) is 0 Å². The van der Waals surface area contributed by atoms with Crippen LogP contribution in [0, 0.1) is 0 Å². The van der Waals surface area contributed by atoms with E-state index in [1.807, 2.05) is 0 Å². The molecule has 8 nitrogen and oxygen atoms in total. The van der Waals surface area contributed by atoms with E-state index in [0.29, 0.717) is 0 Å². The van der Waals surface area contributed by atoms with Gasteiger partial charge >= 0.3 is 0 Å². The van der Waals surface area contributed by atoms with E-state index in [1.54, 1.807) is 0 Å². The maximum atomic E-state index is 11.1. The summed E-state index contributed by atoms with van der Waals surface area (Å²) in [5, 5.41) is 35.3. The molecule has 1 aliphatic carbocycles. The molecular weight excluding hydrogens is 196 g/mol. The Morgan fingerprint density at radius 2 is 1.57 bits per heavy atom. The first kappa shape index (κ1) is 11.2.